The van der Waals surface area contributed by atoms with Gasteiger partial charge in [0.05, 0.1) is 22.1 Å². The normalized spacial score (nSPS) is 9.71. The Morgan fingerprint density at radius 1 is 1.29 bits per heavy atom. The van der Waals surface area contributed by atoms with Crippen molar-refractivity contribution in [3.8, 4) is 6.07 Å². The van der Waals surface area contributed by atoms with E-state index in [1.54, 1.807) is 6.07 Å². The van der Waals surface area contributed by atoms with Gasteiger partial charge in [-0.05, 0) is 24.3 Å². The first-order valence-corrected chi connectivity index (χ1v) is 5.76. The standard InChI is InChI=1S/C14H8FN3O3/c15-13-6-9(8-16)4-5-12(13)14(19)17-10-2-1-3-11(7-10)18(20)21/h1-7H,(H,17,19). The molecule has 0 heterocycles. The molecule has 1 N–H and O–H groups in total. The maximum atomic E-state index is 13.7. The number of carbonyl (C=O) groups excluding carboxylic acids is 1. The number of nitro benzene ring substituents is 1. The number of nitrogens with one attached hydrogen (secondary N) is 1. The maximum Gasteiger partial charge on any atom is 0.271 e. The van der Waals surface area contributed by atoms with Crippen LogP contribution in [0, 0.1) is 27.3 Å². The van der Waals surface area contributed by atoms with Gasteiger partial charge in [0.1, 0.15) is 5.82 Å². The van der Waals surface area contributed by atoms with Gasteiger partial charge < -0.3 is 5.32 Å². The number of nitrogens with zero attached hydrogens (tertiary/aromatic N) is 2. The number of carbonyl (C=O) groups is 1. The summed E-state index contributed by atoms with van der Waals surface area (Å²) in [6.07, 6.45) is 0. The second-order valence-electron chi connectivity index (χ2n) is 4.07. The predicted octanol–water partition coefficient (Wildman–Crippen LogP) is 2.86. The minimum Gasteiger partial charge on any atom is -0.322 e. The smallest absolute Gasteiger partial charge is 0.271 e. The van der Waals surface area contributed by atoms with Gasteiger partial charge in [0, 0.05) is 17.8 Å². The minimum absolute atomic E-state index is 0.0967. The molecule has 21 heavy (non-hydrogen) atoms. The SMILES string of the molecule is N#Cc1ccc(C(=O)Nc2cccc([N+](=O)[O-])c2)c(F)c1. The van der Waals surface area contributed by atoms with E-state index in [1.165, 1.54) is 36.4 Å². The molecule has 2 aromatic carbocycles. The van der Waals surface area contributed by atoms with Gasteiger partial charge in [-0.25, -0.2) is 4.39 Å². The van der Waals surface area contributed by atoms with E-state index in [2.05, 4.69) is 5.32 Å². The van der Waals surface area contributed by atoms with Gasteiger partial charge in [-0.1, -0.05) is 6.07 Å². The number of amides is 1. The highest BCUT2D eigenvalue weighted by atomic mass is 19.1. The van der Waals surface area contributed by atoms with Gasteiger partial charge in [-0.2, -0.15) is 5.26 Å². The summed E-state index contributed by atoms with van der Waals surface area (Å²) >= 11 is 0. The molecule has 1 amide bonds. The summed E-state index contributed by atoms with van der Waals surface area (Å²) in [5.74, 6) is -1.59. The zero-order valence-electron chi connectivity index (χ0n) is 10.5. The summed E-state index contributed by atoms with van der Waals surface area (Å²) in [5, 5.41) is 21.6. The lowest BCUT2D eigenvalue weighted by Gasteiger charge is -2.06. The van der Waals surface area contributed by atoms with Crippen LogP contribution in [0.25, 0.3) is 0 Å². The molecule has 0 aliphatic rings. The fourth-order valence-electron chi connectivity index (χ4n) is 1.66. The number of halogens is 1. The van der Waals surface area contributed by atoms with Crippen molar-refractivity contribution in [2.45, 2.75) is 0 Å². The van der Waals surface area contributed by atoms with Crippen LogP contribution in [-0.4, -0.2) is 10.8 Å². The highest BCUT2D eigenvalue weighted by Gasteiger charge is 2.14. The Hall–Kier alpha value is -3.27. The molecular formula is C14H8FN3O3. The van der Waals surface area contributed by atoms with Crippen molar-refractivity contribution in [2.75, 3.05) is 5.32 Å². The highest BCUT2D eigenvalue weighted by Crippen LogP contribution is 2.18. The van der Waals surface area contributed by atoms with E-state index in [9.17, 15) is 19.3 Å². The topological polar surface area (TPSA) is 96.0 Å². The number of anilines is 1. The summed E-state index contributed by atoms with van der Waals surface area (Å²) in [7, 11) is 0. The number of rotatable bonds is 3. The quantitative estimate of drug-likeness (QED) is 0.692. The molecule has 0 radical (unpaired) electrons. The number of benzene rings is 2. The lowest BCUT2D eigenvalue weighted by molar-refractivity contribution is -0.384. The third-order valence-corrected chi connectivity index (χ3v) is 2.66. The summed E-state index contributed by atoms with van der Waals surface area (Å²) in [6.45, 7) is 0. The Morgan fingerprint density at radius 3 is 2.67 bits per heavy atom. The van der Waals surface area contributed by atoms with Crippen molar-refractivity contribution < 1.29 is 14.1 Å². The fraction of sp³-hybridized carbons (Fsp3) is 0. The van der Waals surface area contributed by atoms with Crippen molar-refractivity contribution >= 4 is 17.3 Å². The van der Waals surface area contributed by atoms with Gasteiger partial charge in [-0.15, -0.1) is 0 Å². The number of non-ortho nitro benzene ring substituents is 1. The molecule has 2 aromatic rings. The number of hydrogen-bond donors (Lipinski definition) is 1. The second kappa shape index (κ2) is 5.79. The molecule has 0 aliphatic carbocycles. The van der Waals surface area contributed by atoms with Crippen LogP contribution in [-0.2, 0) is 0 Å². The monoisotopic (exact) mass is 285 g/mol. The summed E-state index contributed by atoms with van der Waals surface area (Å²) in [4.78, 5) is 21.9. The van der Waals surface area contributed by atoms with Crippen LogP contribution in [0.2, 0.25) is 0 Å². The van der Waals surface area contributed by atoms with Crippen molar-refractivity contribution in [1.29, 1.82) is 5.26 Å². The van der Waals surface area contributed by atoms with Crippen LogP contribution < -0.4 is 5.32 Å². The third kappa shape index (κ3) is 3.19. The van der Waals surface area contributed by atoms with Crippen LogP contribution in [0.15, 0.2) is 42.5 Å². The van der Waals surface area contributed by atoms with Gasteiger partial charge in [0.2, 0.25) is 0 Å². The van der Waals surface area contributed by atoms with Crippen molar-refractivity contribution in [2.24, 2.45) is 0 Å². The van der Waals surface area contributed by atoms with Crippen molar-refractivity contribution in [1.82, 2.24) is 0 Å². The molecule has 0 atom stereocenters. The summed E-state index contributed by atoms with van der Waals surface area (Å²) < 4.78 is 13.7. The lowest BCUT2D eigenvalue weighted by Crippen LogP contribution is -2.14. The van der Waals surface area contributed by atoms with Crippen LogP contribution in [0.3, 0.4) is 0 Å². The average Bonchev–Trinajstić information content (AvgIpc) is 2.47. The van der Waals surface area contributed by atoms with E-state index < -0.39 is 16.6 Å². The van der Waals surface area contributed by atoms with Crippen LogP contribution in [0.4, 0.5) is 15.8 Å². The second-order valence-corrected chi connectivity index (χ2v) is 4.07. The Balaban J connectivity index is 2.24. The van der Waals surface area contributed by atoms with E-state index >= 15 is 0 Å². The highest BCUT2D eigenvalue weighted by molar-refractivity contribution is 6.04. The maximum absolute atomic E-state index is 13.7. The largest absolute Gasteiger partial charge is 0.322 e. The molecule has 0 spiro atoms. The van der Waals surface area contributed by atoms with E-state index in [4.69, 9.17) is 5.26 Å². The predicted molar refractivity (Wildman–Crippen MR) is 72.2 cm³/mol. The Kier molecular flexibility index (Phi) is 3.90. The molecule has 0 unspecified atom stereocenters. The van der Waals surface area contributed by atoms with Crippen molar-refractivity contribution in [3.05, 3.63) is 69.5 Å². The van der Waals surface area contributed by atoms with Gasteiger partial charge >= 0.3 is 0 Å². The summed E-state index contributed by atoms with van der Waals surface area (Å²) in [5.41, 5.74) is -0.161. The Bertz CT molecular complexity index is 768. The molecule has 0 aliphatic heterocycles. The minimum atomic E-state index is -0.836. The fourth-order valence-corrected chi connectivity index (χ4v) is 1.66. The van der Waals surface area contributed by atoms with E-state index in [0.717, 1.165) is 6.07 Å². The van der Waals surface area contributed by atoms with E-state index in [-0.39, 0.29) is 22.5 Å². The van der Waals surface area contributed by atoms with Crippen LogP contribution in [0.5, 0.6) is 0 Å². The number of nitro groups is 1. The van der Waals surface area contributed by atoms with Gasteiger partial charge in [-0.3, -0.25) is 14.9 Å². The molecular weight excluding hydrogens is 277 g/mol. The van der Waals surface area contributed by atoms with Gasteiger partial charge in [0.15, 0.2) is 0 Å². The molecule has 7 heteroatoms. The number of nitriles is 1. The van der Waals surface area contributed by atoms with Crippen LogP contribution >= 0.6 is 0 Å². The van der Waals surface area contributed by atoms with Gasteiger partial charge in [0.25, 0.3) is 11.6 Å². The summed E-state index contributed by atoms with van der Waals surface area (Å²) in [6, 6.07) is 10.5. The molecule has 0 bridgehead atoms. The third-order valence-electron chi connectivity index (χ3n) is 2.66. The Labute approximate surface area is 118 Å². The molecule has 0 aromatic heterocycles. The van der Waals surface area contributed by atoms with E-state index in [0.29, 0.717) is 0 Å². The van der Waals surface area contributed by atoms with E-state index in [1.807, 2.05) is 0 Å². The zero-order valence-corrected chi connectivity index (χ0v) is 10.5. The molecule has 2 rings (SSSR count). The molecule has 104 valence electrons. The zero-order chi connectivity index (χ0) is 15.4. The van der Waals surface area contributed by atoms with Crippen molar-refractivity contribution in [3.63, 3.8) is 0 Å². The Morgan fingerprint density at radius 2 is 2.05 bits per heavy atom. The first-order chi connectivity index (χ1) is 10.0. The molecule has 0 saturated carbocycles. The first-order valence-electron chi connectivity index (χ1n) is 5.76. The lowest BCUT2D eigenvalue weighted by atomic mass is 10.1. The average molecular weight is 285 g/mol. The first kappa shape index (κ1) is 14.1. The molecule has 0 fully saturated rings. The van der Waals surface area contributed by atoms with Crippen LogP contribution in [0.1, 0.15) is 15.9 Å². The number of hydrogen-bond acceptors (Lipinski definition) is 4. The molecule has 6 nitrogen and oxygen atoms in total. The molecule has 0 saturated heterocycles.